The first-order valence-electron chi connectivity index (χ1n) is 6.48. The summed E-state index contributed by atoms with van der Waals surface area (Å²) in [7, 11) is -3.06. The lowest BCUT2D eigenvalue weighted by Gasteiger charge is -2.30. The molecule has 0 unspecified atom stereocenters. The molecule has 1 N–H and O–H groups in total. The van der Waals surface area contributed by atoms with E-state index >= 15 is 0 Å². The fourth-order valence-corrected chi connectivity index (χ4v) is 3.66. The first kappa shape index (κ1) is 16.0. The minimum absolute atomic E-state index is 0.319. The van der Waals surface area contributed by atoms with Gasteiger partial charge in [0.2, 0.25) is 10.0 Å². The van der Waals surface area contributed by atoms with Gasteiger partial charge in [-0.2, -0.15) is 0 Å². The predicted molar refractivity (Wildman–Crippen MR) is 82.7 cm³/mol. The molecule has 7 heteroatoms. The lowest BCUT2D eigenvalue weighted by Crippen LogP contribution is -2.44. The molecule has 1 aromatic rings. The van der Waals surface area contributed by atoms with Crippen LogP contribution in [0.1, 0.15) is 18.4 Å². The van der Waals surface area contributed by atoms with Gasteiger partial charge in [-0.3, -0.25) is 0 Å². The SMILES string of the molecule is CS(=O)(=O)N1CCC(NCc2ccc(Cl)cc2Cl)CC1. The van der Waals surface area contributed by atoms with Crippen molar-refractivity contribution in [1.29, 1.82) is 0 Å². The summed E-state index contributed by atoms with van der Waals surface area (Å²) in [6, 6.07) is 5.77. The summed E-state index contributed by atoms with van der Waals surface area (Å²) in [5.74, 6) is 0. The Bertz CT molecular complexity index is 570. The van der Waals surface area contributed by atoms with Crippen LogP contribution >= 0.6 is 23.2 Å². The lowest BCUT2D eigenvalue weighted by molar-refractivity contribution is 0.290. The summed E-state index contributed by atoms with van der Waals surface area (Å²) in [5.41, 5.74) is 1.00. The molecule has 0 aromatic heterocycles. The molecule has 0 atom stereocenters. The van der Waals surface area contributed by atoms with Gasteiger partial charge in [-0.15, -0.1) is 0 Å². The third-order valence-electron chi connectivity index (χ3n) is 3.52. The van der Waals surface area contributed by atoms with E-state index in [2.05, 4.69) is 5.32 Å². The van der Waals surface area contributed by atoms with E-state index in [0.29, 0.717) is 35.7 Å². The first-order valence-corrected chi connectivity index (χ1v) is 9.09. The van der Waals surface area contributed by atoms with Crippen LogP contribution in [0.3, 0.4) is 0 Å². The van der Waals surface area contributed by atoms with Gasteiger partial charge in [0.1, 0.15) is 0 Å². The smallest absolute Gasteiger partial charge is 0.211 e. The second kappa shape index (κ2) is 6.62. The largest absolute Gasteiger partial charge is 0.310 e. The zero-order chi connectivity index (χ0) is 14.8. The van der Waals surface area contributed by atoms with Gasteiger partial charge < -0.3 is 5.32 Å². The van der Waals surface area contributed by atoms with E-state index in [4.69, 9.17) is 23.2 Å². The van der Waals surface area contributed by atoms with Gasteiger partial charge in [0.05, 0.1) is 6.26 Å². The number of hydrogen-bond donors (Lipinski definition) is 1. The number of hydrogen-bond acceptors (Lipinski definition) is 3. The number of nitrogens with one attached hydrogen (secondary N) is 1. The normalized spacial score (nSPS) is 18.4. The van der Waals surface area contributed by atoms with Gasteiger partial charge in [-0.05, 0) is 30.5 Å². The zero-order valence-electron chi connectivity index (χ0n) is 11.3. The molecular weight excluding hydrogens is 319 g/mol. The number of rotatable bonds is 4. The quantitative estimate of drug-likeness (QED) is 0.918. The van der Waals surface area contributed by atoms with Crippen LogP contribution < -0.4 is 5.32 Å². The second-order valence-corrected chi connectivity index (χ2v) is 7.88. The summed E-state index contributed by atoms with van der Waals surface area (Å²) >= 11 is 12.0. The van der Waals surface area contributed by atoms with E-state index in [1.807, 2.05) is 12.1 Å². The summed E-state index contributed by atoms with van der Waals surface area (Å²) in [6.07, 6.45) is 2.89. The van der Waals surface area contributed by atoms with E-state index in [1.165, 1.54) is 10.6 Å². The topological polar surface area (TPSA) is 49.4 Å². The Balaban J connectivity index is 1.84. The summed E-state index contributed by atoms with van der Waals surface area (Å²) in [6.45, 7) is 1.81. The van der Waals surface area contributed by atoms with Crippen LogP contribution in [0.15, 0.2) is 18.2 Å². The Morgan fingerprint density at radius 2 is 1.95 bits per heavy atom. The fraction of sp³-hybridized carbons (Fsp3) is 0.538. The van der Waals surface area contributed by atoms with Crippen molar-refractivity contribution in [1.82, 2.24) is 9.62 Å². The molecule has 1 fully saturated rings. The predicted octanol–water partition coefficient (Wildman–Crippen LogP) is 2.51. The Morgan fingerprint density at radius 3 is 2.50 bits per heavy atom. The molecule has 1 aliphatic rings. The van der Waals surface area contributed by atoms with Crippen molar-refractivity contribution in [2.24, 2.45) is 0 Å². The highest BCUT2D eigenvalue weighted by Crippen LogP contribution is 2.21. The molecule has 0 aliphatic carbocycles. The van der Waals surface area contributed by atoms with Gasteiger partial charge in [0.25, 0.3) is 0 Å². The van der Waals surface area contributed by atoms with Crippen molar-refractivity contribution in [3.05, 3.63) is 33.8 Å². The summed E-state index contributed by atoms with van der Waals surface area (Å²) in [4.78, 5) is 0. The Hall–Kier alpha value is -0.330. The molecule has 20 heavy (non-hydrogen) atoms. The molecule has 0 saturated carbocycles. The Morgan fingerprint density at radius 1 is 1.30 bits per heavy atom. The maximum absolute atomic E-state index is 11.4. The van der Waals surface area contributed by atoms with Crippen molar-refractivity contribution in [2.45, 2.75) is 25.4 Å². The molecule has 1 aliphatic heterocycles. The molecule has 0 radical (unpaired) electrons. The van der Waals surface area contributed by atoms with Gasteiger partial charge in [0, 0.05) is 35.7 Å². The van der Waals surface area contributed by atoms with Crippen LogP contribution in [0.4, 0.5) is 0 Å². The highest BCUT2D eigenvalue weighted by molar-refractivity contribution is 7.88. The van der Waals surface area contributed by atoms with Crippen LogP contribution in [0.5, 0.6) is 0 Å². The average Bonchev–Trinajstić information content (AvgIpc) is 2.37. The zero-order valence-corrected chi connectivity index (χ0v) is 13.6. The van der Waals surface area contributed by atoms with E-state index in [0.717, 1.165) is 18.4 Å². The third kappa shape index (κ3) is 4.33. The van der Waals surface area contributed by atoms with Gasteiger partial charge in [-0.1, -0.05) is 29.3 Å². The van der Waals surface area contributed by atoms with Crippen LogP contribution in [-0.2, 0) is 16.6 Å². The molecular formula is C13H18Cl2N2O2S. The van der Waals surface area contributed by atoms with Crippen LogP contribution in [-0.4, -0.2) is 38.1 Å². The monoisotopic (exact) mass is 336 g/mol. The number of nitrogens with zero attached hydrogens (tertiary/aromatic N) is 1. The molecule has 112 valence electrons. The van der Waals surface area contributed by atoms with E-state index < -0.39 is 10.0 Å². The molecule has 1 heterocycles. The van der Waals surface area contributed by atoms with Gasteiger partial charge in [0.15, 0.2) is 0 Å². The van der Waals surface area contributed by atoms with Crippen molar-refractivity contribution in [2.75, 3.05) is 19.3 Å². The van der Waals surface area contributed by atoms with Crippen molar-refractivity contribution >= 4 is 33.2 Å². The number of sulfonamides is 1. The maximum atomic E-state index is 11.4. The maximum Gasteiger partial charge on any atom is 0.211 e. The Labute approximate surface area is 130 Å². The molecule has 1 aromatic carbocycles. The van der Waals surface area contributed by atoms with E-state index in [-0.39, 0.29) is 0 Å². The van der Waals surface area contributed by atoms with Gasteiger partial charge >= 0.3 is 0 Å². The Kier molecular flexibility index (Phi) is 5.31. The molecule has 4 nitrogen and oxygen atoms in total. The van der Waals surface area contributed by atoms with Crippen LogP contribution in [0.2, 0.25) is 10.0 Å². The number of benzene rings is 1. The molecule has 2 rings (SSSR count). The minimum atomic E-state index is -3.06. The van der Waals surface area contributed by atoms with Gasteiger partial charge in [-0.25, -0.2) is 12.7 Å². The van der Waals surface area contributed by atoms with E-state index in [9.17, 15) is 8.42 Å². The molecule has 1 saturated heterocycles. The number of halogens is 2. The molecule has 0 amide bonds. The lowest BCUT2D eigenvalue weighted by atomic mass is 10.1. The summed E-state index contributed by atoms with van der Waals surface area (Å²) in [5, 5.41) is 4.70. The number of piperidine rings is 1. The first-order chi connectivity index (χ1) is 9.36. The fourth-order valence-electron chi connectivity index (χ4n) is 2.31. The van der Waals surface area contributed by atoms with Crippen molar-refractivity contribution in [3.63, 3.8) is 0 Å². The molecule has 0 bridgehead atoms. The highest BCUT2D eigenvalue weighted by Gasteiger charge is 2.24. The van der Waals surface area contributed by atoms with Crippen LogP contribution in [0.25, 0.3) is 0 Å². The molecule has 0 spiro atoms. The standard InChI is InChI=1S/C13H18Cl2N2O2S/c1-20(18,19)17-6-4-12(5-7-17)16-9-10-2-3-11(14)8-13(10)15/h2-3,8,12,16H,4-7,9H2,1H3. The minimum Gasteiger partial charge on any atom is -0.310 e. The van der Waals surface area contributed by atoms with Crippen molar-refractivity contribution in [3.8, 4) is 0 Å². The van der Waals surface area contributed by atoms with E-state index in [1.54, 1.807) is 6.07 Å². The third-order valence-corrected chi connectivity index (χ3v) is 5.41. The van der Waals surface area contributed by atoms with Crippen LogP contribution in [0, 0.1) is 0 Å². The second-order valence-electron chi connectivity index (χ2n) is 5.05. The average molecular weight is 337 g/mol. The summed E-state index contributed by atoms with van der Waals surface area (Å²) < 4.78 is 24.4. The van der Waals surface area contributed by atoms with Crippen molar-refractivity contribution < 1.29 is 8.42 Å². The highest BCUT2D eigenvalue weighted by atomic mass is 35.5.